The Hall–Kier alpha value is -1.41. The molecule has 13 heavy (non-hydrogen) atoms. The quantitative estimate of drug-likeness (QED) is 0.454. The van der Waals surface area contributed by atoms with E-state index in [2.05, 4.69) is 20.8 Å². The Morgan fingerprint density at radius 1 is 1.62 bits per heavy atom. The van der Waals surface area contributed by atoms with Gasteiger partial charge in [-0.2, -0.15) is 0 Å². The van der Waals surface area contributed by atoms with E-state index in [4.69, 9.17) is 6.57 Å². The zero-order chi connectivity index (χ0) is 9.84. The minimum absolute atomic E-state index is 0.00106. The third-order valence-corrected chi connectivity index (χ3v) is 2.14. The van der Waals surface area contributed by atoms with E-state index < -0.39 is 4.92 Å². The average molecular weight is 241 g/mol. The lowest BCUT2D eigenvalue weighted by atomic mass is 10.2. The molecule has 0 aliphatic heterocycles. The molecule has 0 radical (unpaired) electrons. The molecule has 0 spiro atoms. The molecule has 0 amide bonds. The lowest BCUT2D eigenvalue weighted by molar-refractivity contribution is -0.385. The highest BCUT2D eigenvalue weighted by atomic mass is 79.9. The largest absolute Gasteiger partial charge is 0.312 e. The van der Waals surface area contributed by atoms with E-state index in [9.17, 15) is 10.1 Å². The van der Waals surface area contributed by atoms with E-state index in [-0.39, 0.29) is 12.2 Å². The maximum Gasteiger partial charge on any atom is 0.284 e. The Morgan fingerprint density at radius 2 is 2.31 bits per heavy atom. The molecule has 0 saturated carbocycles. The third kappa shape index (κ3) is 2.26. The van der Waals surface area contributed by atoms with Crippen LogP contribution in [-0.2, 0) is 6.54 Å². The molecule has 0 N–H and O–H groups in total. The molecule has 1 rings (SSSR count). The highest BCUT2D eigenvalue weighted by molar-refractivity contribution is 9.10. The van der Waals surface area contributed by atoms with Gasteiger partial charge in [-0.3, -0.25) is 10.1 Å². The summed E-state index contributed by atoms with van der Waals surface area (Å²) in [5.41, 5.74) is 0.658. The van der Waals surface area contributed by atoms with Crippen LogP contribution in [0, 0.1) is 16.7 Å². The van der Waals surface area contributed by atoms with Crippen LogP contribution in [0.3, 0.4) is 0 Å². The molecule has 0 atom stereocenters. The molecule has 0 saturated heterocycles. The summed E-state index contributed by atoms with van der Waals surface area (Å²) in [7, 11) is 0. The third-order valence-electron chi connectivity index (χ3n) is 1.47. The van der Waals surface area contributed by atoms with Crippen molar-refractivity contribution in [1.29, 1.82) is 0 Å². The Kier molecular flexibility index (Phi) is 2.98. The van der Waals surface area contributed by atoms with Crippen molar-refractivity contribution in [2.75, 3.05) is 0 Å². The van der Waals surface area contributed by atoms with E-state index in [1.165, 1.54) is 6.07 Å². The number of halogens is 1. The van der Waals surface area contributed by atoms with Crippen LogP contribution in [0.4, 0.5) is 5.69 Å². The lowest BCUT2D eigenvalue weighted by Crippen LogP contribution is -1.90. The fourth-order valence-corrected chi connectivity index (χ4v) is 1.28. The van der Waals surface area contributed by atoms with Crippen LogP contribution in [-0.4, -0.2) is 4.92 Å². The smallest absolute Gasteiger partial charge is 0.284 e. The van der Waals surface area contributed by atoms with Gasteiger partial charge < -0.3 is 4.85 Å². The molecule has 1 aromatic carbocycles. The summed E-state index contributed by atoms with van der Waals surface area (Å²) >= 11 is 3.06. The fourth-order valence-electron chi connectivity index (χ4n) is 0.888. The molecule has 0 bridgehead atoms. The Labute approximate surface area is 83.3 Å². The fraction of sp³-hybridized carbons (Fsp3) is 0.125. The molecule has 0 heterocycles. The number of nitrogens with zero attached hydrogens (tertiary/aromatic N) is 2. The van der Waals surface area contributed by atoms with Gasteiger partial charge in [0.25, 0.3) is 5.69 Å². The van der Waals surface area contributed by atoms with Crippen LogP contribution in [0.15, 0.2) is 22.7 Å². The van der Waals surface area contributed by atoms with Crippen molar-refractivity contribution in [3.63, 3.8) is 0 Å². The number of nitro groups is 1. The molecular formula is C8H5BrN2O2. The molecule has 0 aliphatic rings. The molecule has 5 heteroatoms. The summed E-state index contributed by atoms with van der Waals surface area (Å²) in [5.74, 6) is 0. The van der Waals surface area contributed by atoms with Gasteiger partial charge in [0.15, 0.2) is 0 Å². The van der Waals surface area contributed by atoms with Gasteiger partial charge in [0.05, 0.1) is 9.40 Å². The van der Waals surface area contributed by atoms with Gasteiger partial charge in [-0.1, -0.05) is 0 Å². The molecule has 0 fully saturated rings. The first-order chi connectivity index (χ1) is 6.15. The van der Waals surface area contributed by atoms with Crippen molar-refractivity contribution in [2.24, 2.45) is 0 Å². The molecule has 66 valence electrons. The molecule has 4 nitrogen and oxygen atoms in total. The van der Waals surface area contributed by atoms with Crippen LogP contribution < -0.4 is 0 Å². The normalized spacial score (nSPS) is 9.23. The van der Waals surface area contributed by atoms with Gasteiger partial charge >= 0.3 is 0 Å². The first-order valence-electron chi connectivity index (χ1n) is 3.41. The van der Waals surface area contributed by atoms with Crippen LogP contribution >= 0.6 is 15.9 Å². The van der Waals surface area contributed by atoms with Gasteiger partial charge in [-0.15, -0.1) is 0 Å². The van der Waals surface area contributed by atoms with Gasteiger partial charge in [0, 0.05) is 11.6 Å². The average Bonchev–Trinajstić information content (AvgIpc) is 2.08. The second kappa shape index (κ2) is 4.01. The van der Waals surface area contributed by atoms with Crippen LogP contribution in [0.1, 0.15) is 5.56 Å². The molecule has 0 aromatic heterocycles. The Bertz CT molecular complexity index is 384. The van der Waals surface area contributed by atoms with E-state index in [0.29, 0.717) is 10.0 Å². The Balaban J connectivity index is 3.13. The number of rotatable bonds is 2. The number of benzene rings is 1. The summed E-state index contributed by atoms with van der Waals surface area (Å²) in [6.07, 6.45) is 0. The van der Waals surface area contributed by atoms with Gasteiger partial charge in [0.1, 0.15) is 0 Å². The second-order valence-electron chi connectivity index (χ2n) is 2.36. The van der Waals surface area contributed by atoms with Crippen molar-refractivity contribution >= 4 is 21.6 Å². The summed E-state index contributed by atoms with van der Waals surface area (Å²) in [6, 6.07) is 4.68. The zero-order valence-electron chi connectivity index (χ0n) is 6.53. The maximum atomic E-state index is 10.5. The highest BCUT2D eigenvalue weighted by Crippen LogP contribution is 2.25. The van der Waals surface area contributed by atoms with Crippen molar-refractivity contribution in [1.82, 2.24) is 0 Å². The van der Waals surface area contributed by atoms with E-state index in [1.54, 1.807) is 12.1 Å². The number of nitro benzene ring substituents is 1. The van der Waals surface area contributed by atoms with E-state index in [0.717, 1.165) is 0 Å². The zero-order valence-corrected chi connectivity index (χ0v) is 8.11. The summed E-state index contributed by atoms with van der Waals surface area (Å²) in [5, 5.41) is 10.5. The first kappa shape index (κ1) is 9.68. The Morgan fingerprint density at radius 3 is 2.85 bits per heavy atom. The van der Waals surface area contributed by atoms with Crippen molar-refractivity contribution in [2.45, 2.75) is 6.54 Å². The van der Waals surface area contributed by atoms with E-state index >= 15 is 0 Å². The number of hydrogen-bond acceptors (Lipinski definition) is 2. The van der Waals surface area contributed by atoms with Gasteiger partial charge in [-0.25, -0.2) is 6.57 Å². The minimum Gasteiger partial charge on any atom is -0.312 e. The monoisotopic (exact) mass is 240 g/mol. The van der Waals surface area contributed by atoms with Crippen LogP contribution in [0.25, 0.3) is 4.85 Å². The van der Waals surface area contributed by atoms with Gasteiger partial charge in [0.2, 0.25) is 6.54 Å². The second-order valence-corrected chi connectivity index (χ2v) is 3.21. The standard InChI is InChI=1S/C8H5BrN2O2/c1-10-5-6-2-3-7(9)8(4-6)11(12)13/h2-4H,5H2. The SMILES string of the molecule is [C-]#[N+]Cc1ccc(Br)c([N+](=O)[O-])c1. The van der Waals surface area contributed by atoms with Crippen LogP contribution in [0.5, 0.6) is 0 Å². The van der Waals surface area contributed by atoms with Crippen molar-refractivity contribution < 1.29 is 4.92 Å². The summed E-state index contributed by atoms with van der Waals surface area (Å²) in [4.78, 5) is 13.1. The molecular weight excluding hydrogens is 236 g/mol. The summed E-state index contributed by atoms with van der Waals surface area (Å²) < 4.78 is 0.436. The van der Waals surface area contributed by atoms with Gasteiger partial charge in [-0.05, 0) is 28.1 Å². The predicted octanol–water partition coefficient (Wildman–Crippen LogP) is 2.78. The van der Waals surface area contributed by atoms with Crippen LogP contribution in [0.2, 0.25) is 0 Å². The minimum atomic E-state index is -0.475. The molecule has 0 unspecified atom stereocenters. The molecule has 1 aromatic rings. The van der Waals surface area contributed by atoms with Crippen molar-refractivity contribution in [3.8, 4) is 0 Å². The van der Waals surface area contributed by atoms with E-state index in [1.807, 2.05) is 0 Å². The van der Waals surface area contributed by atoms with Crippen molar-refractivity contribution in [3.05, 3.63) is 49.8 Å². The highest BCUT2D eigenvalue weighted by Gasteiger charge is 2.12. The topological polar surface area (TPSA) is 47.5 Å². The lowest BCUT2D eigenvalue weighted by Gasteiger charge is -1.95. The number of hydrogen-bond donors (Lipinski definition) is 0. The summed E-state index contributed by atoms with van der Waals surface area (Å²) in [6.45, 7) is 6.79. The first-order valence-corrected chi connectivity index (χ1v) is 4.20. The maximum absolute atomic E-state index is 10.5. The predicted molar refractivity (Wildman–Crippen MR) is 51.1 cm³/mol. The molecule has 0 aliphatic carbocycles.